The number of hydrogen-bond acceptors (Lipinski definition) is 6. The average molecular weight is 217 g/mol. The summed E-state index contributed by atoms with van der Waals surface area (Å²) in [6.07, 6.45) is 0. The average Bonchev–Trinajstić information content (AvgIpc) is 2.58. The van der Waals surface area contributed by atoms with Crippen LogP contribution in [0.25, 0.3) is 0 Å². The maximum atomic E-state index is 5.46. The molecule has 1 aromatic heterocycles. The van der Waals surface area contributed by atoms with Crippen molar-refractivity contribution in [3.63, 3.8) is 0 Å². The largest absolute Gasteiger partial charge is 0.383 e. The van der Waals surface area contributed by atoms with E-state index in [1.807, 2.05) is 0 Å². The van der Waals surface area contributed by atoms with Gasteiger partial charge in [0, 0.05) is 19.7 Å². The molecule has 0 fully saturated rings. The normalized spacial score (nSPS) is 10.4. The Morgan fingerprint density at radius 2 is 2.36 bits per heavy atom. The summed E-state index contributed by atoms with van der Waals surface area (Å²) in [5.41, 5.74) is 5.46. The third-order valence-electron chi connectivity index (χ3n) is 1.51. The Bertz CT molecular complexity index is 254. The SMILES string of the molecule is COCCOCCNc1cc(N)ns1. The molecule has 1 heterocycles. The van der Waals surface area contributed by atoms with Crippen molar-refractivity contribution in [1.82, 2.24) is 4.37 Å². The number of nitrogens with one attached hydrogen (secondary N) is 1. The van der Waals surface area contributed by atoms with Gasteiger partial charge in [0.2, 0.25) is 0 Å². The van der Waals surface area contributed by atoms with Gasteiger partial charge in [-0.2, -0.15) is 4.37 Å². The topological polar surface area (TPSA) is 69.4 Å². The monoisotopic (exact) mass is 217 g/mol. The van der Waals surface area contributed by atoms with E-state index in [9.17, 15) is 0 Å². The van der Waals surface area contributed by atoms with Crippen LogP contribution in [0.1, 0.15) is 0 Å². The lowest BCUT2D eigenvalue weighted by Crippen LogP contribution is -2.11. The molecule has 3 N–H and O–H groups in total. The molecule has 14 heavy (non-hydrogen) atoms. The fourth-order valence-electron chi connectivity index (χ4n) is 0.863. The molecule has 0 bridgehead atoms. The van der Waals surface area contributed by atoms with E-state index >= 15 is 0 Å². The highest BCUT2D eigenvalue weighted by Gasteiger charge is 1.96. The number of nitrogens with zero attached hydrogens (tertiary/aromatic N) is 1. The summed E-state index contributed by atoms with van der Waals surface area (Å²) in [7, 11) is 1.65. The second kappa shape index (κ2) is 6.58. The van der Waals surface area contributed by atoms with Crippen LogP contribution in [0, 0.1) is 0 Å². The molecule has 0 saturated heterocycles. The van der Waals surface area contributed by atoms with Gasteiger partial charge in [-0.05, 0) is 11.5 Å². The van der Waals surface area contributed by atoms with E-state index in [1.54, 1.807) is 13.2 Å². The van der Waals surface area contributed by atoms with Crippen molar-refractivity contribution >= 4 is 22.4 Å². The molecule has 80 valence electrons. The van der Waals surface area contributed by atoms with Crippen molar-refractivity contribution in [2.45, 2.75) is 0 Å². The third-order valence-corrected chi connectivity index (χ3v) is 2.27. The molecule has 1 rings (SSSR count). The van der Waals surface area contributed by atoms with Crippen molar-refractivity contribution in [2.24, 2.45) is 0 Å². The zero-order valence-electron chi connectivity index (χ0n) is 8.16. The molecule has 0 saturated carbocycles. The Morgan fingerprint density at radius 3 is 3.00 bits per heavy atom. The third kappa shape index (κ3) is 4.40. The zero-order chi connectivity index (χ0) is 10.2. The predicted octanol–water partition coefficient (Wildman–Crippen LogP) is 0.800. The first-order valence-electron chi connectivity index (χ1n) is 4.35. The van der Waals surface area contributed by atoms with Crippen LogP contribution in [0.15, 0.2) is 6.07 Å². The summed E-state index contributed by atoms with van der Waals surface area (Å²) in [6.45, 7) is 2.67. The van der Waals surface area contributed by atoms with Crippen molar-refractivity contribution in [3.05, 3.63) is 6.07 Å². The van der Waals surface area contributed by atoms with Crippen LogP contribution in [-0.4, -0.2) is 37.8 Å². The van der Waals surface area contributed by atoms with E-state index in [0.717, 1.165) is 11.5 Å². The van der Waals surface area contributed by atoms with Crippen LogP contribution in [0.5, 0.6) is 0 Å². The molecule has 1 aromatic rings. The van der Waals surface area contributed by atoms with E-state index < -0.39 is 0 Å². The maximum absolute atomic E-state index is 5.46. The van der Waals surface area contributed by atoms with Crippen LogP contribution in [-0.2, 0) is 9.47 Å². The molecular weight excluding hydrogens is 202 g/mol. The van der Waals surface area contributed by atoms with Gasteiger partial charge in [0.1, 0.15) is 10.8 Å². The van der Waals surface area contributed by atoms with Gasteiger partial charge >= 0.3 is 0 Å². The van der Waals surface area contributed by atoms with Gasteiger partial charge in [0.25, 0.3) is 0 Å². The second-order valence-corrected chi connectivity index (χ2v) is 3.45. The summed E-state index contributed by atoms with van der Waals surface area (Å²) in [6, 6.07) is 1.81. The summed E-state index contributed by atoms with van der Waals surface area (Å²) >= 11 is 1.35. The molecule has 0 aromatic carbocycles. The van der Waals surface area contributed by atoms with E-state index in [1.165, 1.54) is 11.5 Å². The second-order valence-electron chi connectivity index (χ2n) is 2.65. The van der Waals surface area contributed by atoms with Gasteiger partial charge in [-0.3, -0.25) is 0 Å². The van der Waals surface area contributed by atoms with Crippen LogP contribution < -0.4 is 11.1 Å². The number of nitrogen functional groups attached to an aromatic ring is 1. The van der Waals surface area contributed by atoms with Gasteiger partial charge in [-0.15, -0.1) is 0 Å². The molecule has 0 radical (unpaired) electrons. The van der Waals surface area contributed by atoms with Crippen molar-refractivity contribution in [3.8, 4) is 0 Å². The molecule has 0 spiro atoms. The lowest BCUT2D eigenvalue weighted by molar-refractivity contribution is 0.0759. The number of rotatable bonds is 7. The molecule has 0 aliphatic heterocycles. The molecule has 0 aliphatic carbocycles. The number of ether oxygens (including phenoxy) is 2. The lowest BCUT2D eigenvalue weighted by atomic mass is 10.6. The summed E-state index contributed by atoms with van der Waals surface area (Å²) < 4.78 is 14.0. The number of aromatic nitrogens is 1. The number of nitrogens with two attached hydrogens (primary N) is 1. The molecule has 5 nitrogen and oxygen atoms in total. The minimum absolute atomic E-state index is 0.554. The fraction of sp³-hybridized carbons (Fsp3) is 0.625. The minimum atomic E-state index is 0.554. The molecule has 0 amide bonds. The van der Waals surface area contributed by atoms with E-state index in [4.69, 9.17) is 15.2 Å². The number of anilines is 2. The van der Waals surface area contributed by atoms with Gasteiger partial charge in [-0.1, -0.05) is 0 Å². The maximum Gasteiger partial charge on any atom is 0.139 e. The highest BCUT2D eigenvalue weighted by molar-refractivity contribution is 7.10. The Morgan fingerprint density at radius 1 is 1.50 bits per heavy atom. The highest BCUT2D eigenvalue weighted by atomic mass is 32.1. The van der Waals surface area contributed by atoms with Crippen molar-refractivity contribution in [2.75, 3.05) is 44.5 Å². The number of methoxy groups -OCH3 is 1. The first-order chi connectivity index (χ1) is 6.83. The van der Waals surface area contributed by atoms with E-state index in [-0.39, 0.29) is 0 Å². The fourth-order valence-corrected chi connectivity index (χ4v) is 1.46. The van der Waals surface area contributed by atoms with Crippen LogP contribution >= 0.6 is 11.5 Å². The summed E-state index contributed by atoms with van der Waals surface area (Å²) in [4.78, 5) is 0. The van der Waals surface area contributed by atoms with Crippen molar-refractivity contribution in [1.29, 1.82) is 0 Å². The van der Waals surface area contributed by atoms with Crippen LogP contribution in [0.3, 0.4) is 0 Å². The Kier molecular flexibility index (Phi) is 5.28. The van der Waals surface area contributed by atoms with Gasteiger partial charge in [0.15, 0.2) is 0 Å². The van der Waals surface area contributed by atoms with Gasteiger partial charge in [-0.25, -0.2) is 0 Å². The standard InChI is InChI=1S/C8H15N3O2S/c1-12-4-5-13-3-2-10-8-6-7(9)11-14-8/h6,10H,2-5H2,1H3,(H2,9,11). The summed E-state index contributed by atoms with van der Waals surface area (Å²) in [5, 5.41) is 4.12. The highest BCUT2D eigenvalue weighted by Crippen LogP contribution is 2.16. The lowest BCUT2D eigenvalue weighted by Gasteiger charge is -2.04. The first kappa shape index (κ1) is 11.2. The molecule has 0 unspecified atom stereocenters. The smallest absolute Gasteiger partial charge is 0.139 e. The van der Waals surface area contributed by atoms with Gasteiger partial charge in [0.05, 0.1) is 19.8 Å². The molecule has 6 heteroatoms. The minimum Gasteiger partial charge on any atom is -0.383 e. The molecule has 0 aliphatic rings. The summed E-state index contributed by atoms with van der Waals surface area (Å²) in [5.74, 6) is 0.554. The van der Waals surface area contributed by atoms with Crippen LogP contribution in [0.2, 0.25) is 0 Å². The van der Waals surface area contributed by atoms with Crippen LogP contribution in [0.4, 0.5) is 10.8 Å². The van der Waals surface area contributed by atoms with Gasteiger partial charge < -0.3 is 20.5 Å². The Hall–Kier alpha value is -0.850. The first-order valence-corrected chi connectivity index (χ1v) is 5.13. The predicted molar refractivity (Wildman–Crippen MR) is 57.7 cm³/mol. The quantitative estimate of drug-likeness (QED) is 0.661. The van der Waals surface area contributed by atoms with E-state index in [2.05, 4.69) is 9.69 Å². The van der Waals surface area contributed by atoms with Crippen molar-refractivity contribution < 1.29 is 9.47 Å². The zero-order valence-corrected chi connectivity index (χ0v) is 8.97. The number of hydrogen-bond donors (Lipinski definition) is 2. The molecular formula is C8H15N3O2S. The molecule has 0 atom stereocenters. The Balaban J connectivity index is 1.99. The van der Waals surface area contributed by atoms with E-state index in [0.29, 0.717) is 25.6 Å². The Labute approximate surface area is 87.4 Å².